The number of epoxide rings is 1. The van der Waals surface area contributed by atoms with Gasteiger partial charge in [0.15, 0.2) is 0 Å². The van der Waals surface area contributed by atoms with Crippen LogP contribution in [0.5, 0.6) is 0 Å². The molecule has 2 fully saturated rings. The van der Waals surface area contributed by atoms with E-state index in [2.05, 4.69) is 26.8 Å². The fourth-order valence-electron chi connectivity index (χ4n) is 3.49. The number of rotatable bonds is 3. The van der Waals surface area contributed by atoms with Crippen LogP contribution in [0.4, 0.5) is 0 Å². The lowest BCUT2D eigenvalue weighted by molar-refractivity contribution is -0.104. The van der Waals surface area contributed by atoms with Crippen LogP contribution in [0.3, 0.4) is 0 Å². The Balaban J connectivity index is 2.27. The van der Waals surface area contributed by atoms with Gasteiger partial charge in [-0.05, 0) is 38.0 Å². The molecular formula is C15H22O3. The summed E-state index contributed by atoms with van der Waals surface area (Å²) in [4.78, 5) is 10.4. The van der Waals surface area contributed by atoms with E-state index >= 15 is 0 Å². The van der Waals surface area contributed by atoms with Crippen LogP contribution >= 0.6 is 0 Å². The van der Waals surface area contributed by atoms with Crippen LogP contribution in [0.2, 0.25) is 0 Å². The summed E-state index contributed by atoms with van der Waals surface area (Å²) < 4.78 is 6.00. The Morgan fingerprint density at radius 3 is 2.56 bits per heavy atom. The molecule has 1 heterocycles. The summed E-state index contributed by atoms with van der Waals surface area (Å²) in [6.45, 7) is 8.21. The van der Waals surface area contributed by atoms with Gasteiger partial charge in [0.2, 0.25) is 0 Å². The number of fused-ring (bicyclic) bond motifs is 1. The van der Waals surface area contributed by atoms with Crippen molar-refractivity contribution in [1.82, 2.24) is 0 Å². The van der Waals surface area contributed by atoms with Crippen LogP contribution in [0.1, 0.15) is 40.5 Å². The van der Waals surface area contributed by atoms with Crippen molar-refractivity contribution in [3.05, 3.63) is 23.8 Å². The molecule has 0 radical (unpaired) electrons. The quantitative estimate of drug-likeness (QED) is 0.362. The normalized spacial score (nSPS) is 42.7. The lowest BCUT2D eigenvalue weighted by Crippen LogP contribution is -2.46. The molecule has 1 saturated heterocycles. The number of ether oxygens (including phenoxy) is 1. The van der Waals surface area contributed by atoms with Crippen LogP contribution in [0, 0.1) is 5.41 Å². The minimum atomic E-state index is -0.308. The first kappa shape index (κ1) is 13.5. The molecule has 18 heavy (non-hydrogen) atoms. The number of aldehydes is 1. The molecule has 0 spiro atoms. The van der Waals surface area contributed by atoms with Crippen molar-refractivity contribution in [3.8, 4) is 0 Å². The molecule has 1 aliphatic heterocycles. The Bertz CT molecular complexity index is 421. The number of hydrogen-bond acceptors (Lipinski definition) is 3. The Kier molecular flexibility index (Phi) is 3.03. The third-order valence-electron chi connectivity index (χ3n) is 4.42. The zero-order chi connectivity index (χ0) is 13.6. The second-order valence-corrected chi connectivity index (χ2v) is 6.39. The predicted octanol–water partition coefficient (Wildman–Crippen LogP) is 2.40. The summed E-state index contributed by atoms with van der Waals surface area (Å²) in [5.41, 5.74) is 0.236. The largest absolute Gasteiger partial charge is 0.393 e. The average Bonchev–Trinajstić information content (AvgIpc) is 2.82. The van der Waals surface area contributed by atoms with Crippen molar-refractivity contribution in [2.75, 3.05) is 0 Å². The molecule has 0 aromatic carbocycles. The van der Waals surface area contributed by atoms with Gasteiger partial charge in [-0.25, -0.2) is 0 Å². The highest BCUT2D eigenvalue weighted by molar-refractivity contribution is 5.67. The van der Waals surface area contributed by atoms with Crippen LogP contribution in [0.25, 0.3) is 0 Å². The minimum absolute atomic E-state index is 0.0998. The van der Waals surface area contributed by atoms with E-state index in [1.54, 1.807) is 0 Å². The second-order valence-electron chi connectivity index (χ2n) is 6.39. The van der Waals surface area contributed by atoms with E-state index in [1.807, 2.05) is 13.0 Å². The average molecular weight is 250 g/mol. The Labute approximate surface area is 109 Å². The summed E-state index contributed by atoms with van der Waals surface area (Å²) in [6, 6.07) is 0. The van der Waals surface area contributed by atoms with Crippen molar-refractivity contribution in [3.63, 3.8) is 0 Å². The van der Waals surface area contributed by atoms with Gasteiger partial charge in [0.25, 0.3) is 0 Å². The van der Waals surface area contributed by atoms with Gasteiger partial charge < -0.3 is 9.84 Å². The van der Waals surface area contributed by atoms with E-state index in [-0.39, 0.29) is 22.7 Å². The SMILES string of the molecule is CC(/C=C/[C@@]12O[C@]1(C)C[C@@H](O)CC2(C)C)=C\C=O. The van der Waals surface area contributed by atoms with Gasteiger partial charge in [-0.2, -0.15) is 0 Å². The van der Waals surface area contributed by atoms with Crippen LogP contribution in [0.15, 0.2) is 23.8 Å². The molecule has 0 amide bonds. The molecule has 0 unspecified atom stereocenters. The highest BCUT2D eigenvalue weighted by atomic mass is 16.6. The van der Waals surface area contributed by atoms with E-state index in [0.717, 1.165) is 18.3 Å². The van der Waals surface area contributed by atoms with Gasteiger partial charge in [0.1, 0.15) is 17.5 Å². The molecule has 1 N–H and O–H groups in total. The molecule has 2 rings (SSSR count). The first-order chi connectivity index (χ1) is 8.26. The fraction of sp³-hybridized carbons (Fsp3) is 0.667. The summed E-state index contributed by atoms with van der Waals surface area (Å²) >= 11 is 0. The zero-order valence-electron chi connectivity index (χ0n) is 11.6. The van der Waals surface area contributed by atoms with Crippen LogP contribution in [-0.4, -0.2) is 28.7 Å². The monoisotopic (exact) mass is 250 g/mol. The molecule has 0 aromatic rings. The predicted molar refractivity (Wildman–Crippen MR) is 70.2 cm³/mol. The number of hydrogen-bond donors (Lipinski definition) is 1. The number of carbonyl (C=O) groups is 1. The van der Waals surface area contributed by atoms with Crippen molar-refractivity contribution >= 4 is 6.29 Å². The molecule has 3 heteroatoms. The Hall–Kier alpha value is -0.930. The second kappa shape index (κ2) is 4.04. The maximum Gasteiger partial charge on any atom is 0.143 e. The molecule has 2 aliphatic rings. The van der Waals surface area contributed by atoms with E-state index in [4.69, 9.17) is 4.74 Å². The topological polar surface area (TPSA) is 49.8 Å². The van der Waals surface area contributed by atoms with Gasteiger partial charge >= 0.3 is 0 Å². The van der Waals surface area contributed by atoms with Gasteiger partial charge in [-0.1, -0.05) is 19.9 Å². The van der Waals surface area contributed by atoms with Crippen LogP contribution < -0.4 is 0 Å². The molecule has 3 atom stereocenters. The van der Waals surface area contributed by atoms with E-state index < -0.39 is 0 Å². The summed E-state index contributed by atoms with van der Waals surface area (Å²) in [6.07, 6.45) is 7.46. The highest BCUT2D eigenvalue weighted by Gasteiger charge is 2.74. The summed E-state index contributed by atoms with van der Waals surface area (Å²) in [5.74, 6) is 0. The zero-order valence-corrected chi connectivity index (χ0v) is 11.6. The van der Waals surface area contributed by atoms with Gasteiger partial charge in [0, 0.05) is 11.8 Å². The molecule has 100 valence electrons. The first-order valence-electron chi connectivity index (χ1n) is 6.46. The van der Waals surface area contributed by atoms with E-state index in [0.29, 0.717) is 6.42 Å². The Morgan fingerprint density at radius 1 is 1.33 bits per heavy atom. The third kappa shape index (κ3) is 1.86. The van der Waals surface area contributed by atoms with Crippen molar-refractivity contribution in [2.24, 2.45) is 5.41 Å². The van der Waals surface area contributed by atoms with Crippen molar-refractivity contribution in [2.45, 2.75) is 57.8 Å². The van der Waals surface area contributed by atoms with Crippen molar-refractivity contribution in [1.29, 1.82) is 0 Å². The molecule has 0 bridgehead atoms. The third-order valence-corrected chi connectivity index (χ3v) is 4.42. The fourth-order valence-corrected chi connectivity index (χ4v) is 3.49. The van der Waals surface area contributed by atoms with Gasteiger partial charge in [0.05, 0.1) is 6.10 Å². The molecule has 1 aliphatic carbocycles. The number of aliphatic hydroxyl groups is 1. The van der Waals surface area contributed by atoms with E-state index in [9.17, 15) is 9.90 Å². The van der Waals surface area contributed by atoms with Gasteiger partial charge in [-0.15, -0.1) is 0 Å². The Morgan fingerprint density at radius 2 is 2.00 bits per heavy atom. The molecule has 3 nitrogen and oxygen atoms in total. The maximum atomic E-state index is 10.4. The number of allylic oxidation sites excluding steroid dienone is 3. The van der Waals surface area contributed by atoms with Gasteiger partial charge in [-0.3, -0.25) is 4.79 Å². The lowest BCUT2D eigenvalue weighted by atomic mass is 9.63. The number of carbonyl (C=O) groups excluding carboxylic acids is 1. The molecule has 0 aromatic heterocycles. The highest BCUT2D eigenvalue weighted by Crippen LogP contribution is 2.66. The first-order valence-corrected chi connectivity index (χ1v) is 6.46. The minimum Gasteiger partial charge on any atom is -0.393 e. The molecule has 1 saturated carbocycles. The van der Waals surface area contributed by atoms with E-state index in [1.165, 1.54) is 6.08 Å². The standard InChI is InChI=1S/C15H22O3/c1-11(6-8-16)5-7-15-13(2,3)9-12(17)10-14(15,4)18-15/h5-8,12,17H,9-10H2,1-4H3/b7-5+,11-6+/t12-,14+,15-/m0/s1. The van der Waals surface area contributed by atoms with Crippen LogP contribution in [-0.2, 0) is 9.53 Å². The summed E-state index contributed by atoms with van der Waals surface area (Å²) in [5, 5.41) is 9.92. The smallest absolute Gasteiger partial charge is 0.143 e. The number of aliphatic hydroxyl groups excluding tert-OH is 1. The maximum absolute atomic E-state index is 10.4. The van der Waals surface area contributed by atoms with Crippen molar-refractivity contribution < 1.29 is 14.6 Å². The molecular weight excluding hydrogens is 228 g/mol. The lowest BCUT2D eigenvalue weighted by Gasteiger charge is -2.39. The summed E-state index contributed by atoms with van der Waals surface area (Å²) in [7, 11) is 0.